The predicted octanol–water partition coefficient (Wildman–Crippen LogP) is 0.343. The van der Waals surface area contributed by atoms with Crippen LogP contribution in [0, 0.1) is 0 Å². The van der Waals surface area contributed by atoms with Crippen molar-refractivity contribution in [3.05, 3.63) is 36.7 Å². The Bertz CT molecular complexity index is 628. The molecule has 7 heteroatoms. The van der Waals surface area contributed by atoms with Gasteiger partial charge in [0.25, 0.3) is 0 Å². The van der Waals surface area contributed by atoms with Crippen molar-refractivity contribution < 1.29 is 9.84 Å². The molecule has 2 bridgehead atoms. The lowest BCUT2D eigenvalue weighted by molar-refractivity contribution is -0.138. The Hall–Kier alpha value is -1.83. The van der Waals surface area contributed by atoms with Gasteiger partial charge < -0.3 is 9.84 Å². The zero-order valence-electron chi connectivity index (χ0n) is 12.5. The molecular weight excluding hydrogens is 282 g/mol. The van der Waals surface area contributed by atoms with E-state index >= 15 is 0 Å². The van der Waals surface area contributed by atoms with E-state index in [0.29, 0.717) is 32.0 Å². The van der Waals surface area contributed by atoms with Gasteiger partial charge in [-0.05, 0) is 19.9 Å². The molecule has 0 spiro atoms. The smallest absolute Gasteiger partial charge is 0.234 e. The summed E-state index contributed by atoms with van der Waals surface area (Å²) in [5.41, 5.74) is -0.0969. The number of hydrogen-bond donors (Lipinski definition) is 1. The highest BCUT2D eigenvalue weighted by Gasteiger charge is 2.45. The van der Waals surface area contributed by atoms with Crippen LogP contribution in [0.15, 0.2) is 31.1 Å². The molecule has 4 rings (SSSR count). The summed E-state index contributed by atoms with van der Waals surface area (Å²) >= 11 is 0. The Morgan fingerprint density at radius 1 is 1.23 bits per heavy atom. The second-order valence-corrected chi connectivity index (χ2v) is 6.19. The van der Waals surface area contributed by atoms with Crippen LogP contribution in [-0.4, -0.2) is 61.9 Å². The number of ether oxygens (including phenoxy) is 1. The van der Waals surface area contributed by atoms with Gasteiger partial charge in [0.05, 0.1) is 18.8 Å². The maximum atomic E-state index is 11.1. The third-order valence-electron chi connectivity index (χ3n) is 4.83. The van der Waals surface area contributed by atoms with Crippen LogP contribution in [0.5, 0.6) is 0 Å². The van der Waals surface area contributed by atoms with Crippen LogP contribution >= 0.6 is 0 Å². The summed E-state index contributed by atoms with van der Waals surface area (Å²) in [4.78, 5) is 15.0. The lowest BCUT2D eigenvalue weighted by atomic mass is 9.78. The van der Waals surface area contributed by atoms with Crippen molar-refractivity contribution in [3.8, 4) is 5.95 Å². The van der Waals surface area contributed by atoms with Gasteiger partial charge in [-0.2, -0.15) is 0 Å². The fourth-order valence-corrected chi connectivity index (χ4v) is 3.45. The molecule has 2 saturated heterocycles. The Morgan fingerprint density at radius 2 is 1.91 bits per heavy atom. The van der Waals surface area contributed by atoms with Gasteiger partial charge in [0.2, 0.25) is 5.95 Å². The summed E-state index contributed by atoms with van der Waals surface area (Å²) in [5.74, 6) is 0.557. The SMILES string of the molecule is CN1C2COCC1CC(O)(c1cnc(-n3ccnc3)nc1)C2. The summed E-state index contributed by atoms with van der Waals surface area (Å²) in [6.07, 6.45) is 9.88. The summed E-state index contributed by atoms with van der Waals surface area (Å²) < 4.78 is 7.35. The first kappa shape index (κ1) is 13.8. The molecule has 0 saturated carbocycles. The van der Waals surface area contributed by atoms with E-state index in [2.05, 4.69) is 26.9 Å². The Morgan fingerprint density at radius 3 is 2.50 bits per heavy atom. The van der Waals surface area contributed by atoms with Crippen LogP contribution in [0.25, 0.3) is 5.95 Å². The Labute approximate surface area is 128 Å². The van der Waals surface area contributed by atoms with Gasteiger partial charge in [-0.25, -0.2) is 15.0 Å². The minimum atomic E-state index is -0.876. The normalized spacial score (nSPS) is 32.1. The van der Waals surface area contributed by atoms with E-state index in [-0.39, 0.29) is 12.1 Å². The molecule has 4 heterocycles. The second-order valence-electron chi connectivity index (χ2n) is 6.19. The first-order valence-corrected chi connectivity index (χ1v) is 7.49. The fourth-order valence-electron chi connectivity index (χ4n) is 3.45. The quantitative estimate of drug-likeness (QED) is 0.862. The number of morpholine rings is 1. The number of imidazole rings is 1. The fraction of sp³-hybridized carbons (Fsp3) is 0.533. The predicted molar refractivity (Wildman–Crippen MR) is 78.4 cm³/mol. The van der Waals surface area contributed by atoms with E-state index in [1.807, 2.05) is 0 Å². The molecule has 1 N–H and O–H groups in total. The van der Waals surface area contributed by atoms with Crippen molar-refractivity contribution in [1.29, 1.82) is 0 Å². The molecule has 2 aromatic rings. The number of piperidine rings is 1. The maximum absolute atomic E-state index is 11.1. The molecule has 2 unspecified atom stereocenters. The van der Waals surface area contributed by atoms with Crippen molar-refractivity contribution in [2.24, 2.45) is 0 Å². The molecular formula is C15H19N5O2. The van der Waals surface area contributed by atoms with Crippen LogP contribution < -0.4 is 0 Å². The van der Waals surface area contributed by atoms with E-state index in [0.717, 1.165) is 5.56 Å². The molecule has 0 aliphatic carbocycles. The van der Waals surface area contributed by atoms with Gasteiger partial charge >= 0.3 is 0 Å². The minimum Gasteiger partial charge on any atom is -0.385 e. The van der Waals surface area contributed by atoms with Gasteiger partial charge in [-0.3, -0.25) is 9.47 Å². The van der Waals surface area contributed by atoms with Crippen molar-refractivity contribution in [2.75, 3.05) is 20.3 Å². The van der Waals surface area contributed by atoms with Crippen LogP contribution in [0.2, 0.25) is 0 Å². The highest BCUT2D eigenvalue weighted by atomic mass is 16.5. The molecule has 2 fully saturated rings. The van der Waals surface area contributed by atoms with Crippen molar-refractivity contribution in [2.45, 2.75) is 30.5 Å². The van der Waals surface area contributed by atoms with E-state index in [1.54, 1.807) is 35.7 Å². The lowest BCUT2D eigenvalue weighted by Crippen LogP contribution is -2.59. The summed E-state index contributed by atoms with van der Waals surface area (Å²) in [5, 5.41) is 11.1. The molecule has 0 aromatic carbocycles. The Kier molecular flexibility index (Phi) is 3.21. The van der Waals surface area contributed by atoms with Crippen LogP contribution in [0.4, 0.5) is 0 Å². The van der Waals surface area contributed by atoms with Gasteiger partial charge in [0.1, 0.15) is 6.33 Å². The average molecular weight is 301 g/mol. The lowest BCUT2D eigenvalue weighted by Gasteiger charge is -2.50. The number of hydrogen-bond acceptors (Lipinski definition) is 6. The standard InChI is InChI=1S/C15H19N5O2/c1-19-12-4-15(21,5-13(19)9-22-8-12)11-6-17-14(18-7-11)20-3-2-16-10-20/h2-3,6-7,10,12-13,21H,4-5,8-9H2,1H3. The van der Waals surface area contributed by atoms with E-state index in [1.165, 1.54) is 0 Å². The van der Waals surface area contributed by atoms with E-state index in [4.69, 9.17) is 4.74 Å². The summed E-state index contributed by atoms with van der Waals surface area (Å²) in [7, 11) is 2.11. The highest BCUT2D eigenvalue weighted by Crippen LogP contribution is 2.39. The molecule has 2 aliphatic heterocycles. The van der Waals surface area contributed by atoms with E-state index in [9.17, 15) is 5.11 Å². The molecule has 7 nitrogen and oxygen atoms in total. The molecule has 0 radical (unpaired) electrons. The number of rotatable bonds is 2. The van der Waals surface area contributed by atoms with Crippen molar-refractivity contribution >= 4 is 0 Å². The number of aliphatic hydroxyl groups is 1. The van der Waals surface area contributed by atoms with E-state index < -0.39 is 5.60 Å². The van der Waals surface area contributed by atoms with Gasteiger partial charge in [0.15, 0.2) is 0 Å². The molecule has 116 valence electrons. The van der Waals surface area contributed by atoms with Crippen LogP contribution in [0.1, 0.15) is 18.4 Å². The molecule has 2 atom stereocenters. The van der Waals surface area contributed by atoms with Gasteiger partial charge in [0, 0.05) is 42.4 Å². The zero-order valence-corrected chi connectivity index (χ0v) is 12.5. The topological polar surface area (TPSA) is 76.3 Å². The zero-order chi connectivity index (χ0) is 15.2. The van der Waals surface area contributed by atoms with Crippen LogP contribution in [-0.2, 0) is 10.3 Å². The largest absolute Gasteiger partial charge is 0.385 e. The summed E-state index contributed by atoms with van der Waals surface area (Å²) in [6, 6.07) is 0.483. The number of aromatic nitrogens is 4. The second kappa shape index (κ2) is 5.12. The van der Waals surface area contributed by atoms with Crippen molar-refractivity contribution in [1.82, 2.24) is 24.4 Å². The average Bonchev–Trinajstić information content (AvgIpc) is 3.04. The van der Waals surface area contributed by atoms with Gasteiger partial charge in [-0.1, -0.05) is 0 Å². The first-order chi connectivity index (χ1) is 10.7. The van der Waals surface area contributed by atoms with Crippen molar-refractivity contribution in [3.63, 3.8) is 0 Å². The molecule has 22 heavy (non-hydrogen) atoms. The first-order valence-electron chi connectivity index (χ1n) is 7.49. The van der Waals surface area contributed by atoms with Crippen LogP contribution in [0.3, 0.4) is 0 Å². The number of nitrogens with zero attached hydrogens (tertiary/aromatic N) is 5. The number of fused-ring (bicyclic) bond motifs is 2. The van der Waals surface area contributed by atoms with Gasteiger partial charge in [-0.15, -0.1) is 0 Å². The third-order valence-corrected chi connectivity index (χ3v) is 4.83. The minimum absolute atomic E-state index is 0.242. The number of likely N-dealkylation sites (N-methyl/N-ethyl adjacent to an activating group) is 1. The maximum Gasteiger partial charge on any atom is 0.234 e. The Balaban J connectivity index is 1.61. The highest BCUT2D eigenvalue weighted by molar-refractivity contribution is 5.22. The molecule has 2 aliphatic rings. The summed E-state index contributed by atoms with van der Waals surface area (Å²) in [6.45, 7) is 1.34. The molecule has 2 aromatic heterocycles. The third kappa shape index (κ3) is 2.22. The molecule has 0 amide bonds. The monoisotopic (exact) mass is 301 g/mol.